The van der Waals surface area contributed by atoms with Crippen LogP contribution in [0.2, 0.25) is 0 Å². The molecule has 0 saturated carbocycles. The number of carboxylic acid groups (broad SMARTS) is 2. The zero-order valence-corrected chi connectivity index (χ0v) is 25.6. The summed E-state index contributed by atoms with van der Waals surface area (Å²) in [6.45, 7) is 10.4. The Balaban J connectivity index is 4.48. The first kappa shape index (κ1) is 37.1. The smallest absolute Gasteiger partial charge is 0.322 e. The Morgan fingerprint density at radius 3 is 1.75 bits per heavy atom. The second-order valence-electron chi connectivity index (χ2n) is 10.3. The van der Waals surface area contributed by atoms with Crippen LogP contribution in [0.25, 0.3) is 0 Å². The molecule has 0 fully saturated rings. The molecule has 0 rings (SSSR count). The van der Waals surface area contributed by atoms with Crippen LogP contribution in [0.4, 0.5) is 0 Å². The molecule has 0 aromatic rings. The van der Waals surface area contributed by atoms with Crippen LogP contribution in [0.1, 0.15) is 86.0 Å². The van der Waals surface area contributed by atoms with Crippen molar-refractivity contribution in [2.45, 2.75) is 98.1 Å². The molecule has 40 heavy (non-hydrogen) atoms. The van der Waals surface area contributed by atoms with Crippen LogP contribution in [-0.4, -0.2) is 64.9 Å². The van der Waals surface area contributed by atoms with Gasteiger partial charge in [-0.3, -0.25) is 19.2 Å². The van der Waals surface area contributed by atoms with Gasteiger partial charge in [-0.05, 0) is 79.6 Å². The molecule has 226 valence electrons. The van der Waals surface area contributed by atoms with E-state index in [9.17, 15) is 24.3 Å². The maximum absolute atomic E-state index is 12.2. The molecule has 0 aromatic carbocycles. The van der Waals surface area contributed by atoms with Gasteiger partial charge >= 0.3 is 11.9 Å². The molecule has 0 radical (unpaired) electrons. The van der Waals surface area contributed by atoms with Crippen LogP contribution in [0.3, 0.4) is 0 Å². The molecule has 9 nitrogen and oxygen atoms in total. The van der Waals surface area contributed by atoms with Crippen LogP contribution >= 0.6 is 12.6 Å². The molecule has 0 aliphatic rings. The number of allylic oxidation sites excluding steroid dienone is 7. The van der Waals surface area contributed by atoms with Crippen LogP contribution in [0.5, 0.6) is 0 Å². The van der Waals surface area contributed by atoms with Gasteiger partial charge in [-0.25, -0.2) is 0 Å². The second kappa shape index (κ2) is 21.9. The number of thiol groups is 1. The fourth-order valence-electron chi connectivity index (χ4n) is 3.70. The van der Waals surface area contributed by atoms with E-state index in [-0.39, 0.29) is 18.6 Å². The highest BCUT2D eigenvalue weighted by molar-refractivity contribution is 7.80. The maximum atomic E-state index is 12.2. The van der Waals surface area contributed by atoms with Gasteiger partial charge in [0, 0.05) is 18.7 Å². The SMILES string of the molecule is CC(C)=CCC/C(C)=C/CC/C(C)=C/CC/C(C)=C/CN[C@@H](CCC(=O)N[C@@H](CS)C(=O)NCC(=O)O)C(=O)O. The lowest BCUT2D eigenvalue weighted by atomic mass is 10.0. The van der Waals surface area contributed by atoms with E-state index in [2.05, 4.69) is 74.5 Å². The third-order valence-corrected chi connectivity index (χ3v) is 6.54. The predicted molar refractivity (Wildman–Crippen MR) is 163 cm³/mol. The second-order valence-corrected chi connectivity index (χ2v) is 10.7. The number of rotatable bonds is 21. The van der Waals surface area contributed by atoms with E-state index < -0.39 is 42.4 Å². The molecule has 0 aliphatic carbocycles. The van der Waals surface area contributed by atoms with Gasteiger partial charge in [-0.2, -0.15) is 12.6 Å². The summed E-state index contributed by atoms with van der Waals surface area (Å²) in [4.78, 5) is 46.4. The van der Waals surface area contributed by atoms with Gasteiger partial charge in [0.05, 0.1) is 0 Å². The third kappa shape index (κ3) is 20.1. The number of hydrogen-bond acceptors (Lipinski definition) is 6. The number of carboxylic acids is 2. The molecule has 5 N–H and O–H groups in total. The molecule has 0 unspecified atom stereocenters. The predicted octanol–water partition coefficient (Wildman–Crippen LogP) is 4.57. The molecule has 0 aliphatic heterocycles. The summed E-state index contributed by atoms with van der Waals surface area (Å²) in [5, 5.41) is 25.7. The largest absolute Gasteiger partial charge is 0.480 e. The van der Waals surface area contributed by atoms with Crippen molar-refractivity contribution in [2.24, 2.45) is 0 Å². The van der Waals surface area contributed by atoms with E-state index in [4.69, 9.17) is 5.11 Å². The Bertz CT molecular complexity index is 951. The Labute approximate surface area is 245 Å². The summed E-state index contributed by atoms with van der Waals surface area (Å²) in [5.41, 5.74) is 5.30. The first-order valence-electron chi connectivity index (χ1n) is 13.8. The highest BCUT2D eigenvalue weighted by Gasteiger charge is 2.22. The topological polar surface area (TPSA) is 145 Å². The first-order valence-corrected chi connectivity index (χ1v) is 14.4. The van der Waals surface area contributed by atoms with Crippen LogP contribution in [-0.2, 0) is 19.2 Å². The van der Waals surface area contributed by atoms with Gasteiger partial charge in [0.15, 0.2) is 0 Å². The Morgan fingerprint density at radius 1 is 0.750 bits per heavy atom. The Morgan fingerprint density at radius 2 is 1.27 bits per heavy atom. The Hall–Kier alpha value is -2.85. The lowest BCUT2D eigenvalue weighted by molar-refractivity contribution is -0.140. The normalized spacial score (nSPS) is 13.8. The molecular weight excluding hydrogens is 530 g/mol. The number of hydrogen-bond donors (Lipinski definition) is 6. The highest BCUT2D eigenvalue weighted by Crippen LogP contribution is 2.13. The average Bonchev–Trinajstić information content (AvgIpc) is 2.87. The minimum Gasteiger partial charge on any atom is -0.480 e. The number of aliphatic carboxylic acids is 2. The van der Waals surface area contributed by atoms with Crippen LogP contribution < -0.4 is 16.0 Å². The van der Waals surface area contributed by atoms with Crippen molar-refractivity contribution in [3.05, 3.63) is 46.6 Å². The van der Waals surface area contributed by atoms with E-state index in [1.165, 1.54) is 16.7 Å². The van der Waals surface area contributed by atoms with Crippen molar-refractivity contribution in [1.82, 2.24) is 16.0 Å². The zero-order valence-electron chi connectivity index (χ0n) is 24.7. The van der Waals surface area contributed by atoms with Crippen molar-refractivity contribution in [3.63, 3.8) is 0 Å². The van der Waals surface area contributed by atoms with Crippen molar-refractivity contribution in [1.29, 1.82) is 0 Å². The summed E-state index contributed by atoms with van der Waals surface area (Å²) in [6.07, 6.45) is 14.8. The molecule has 10 heteroatoms. The van der Waals surface area contributed by atoms with Crippen molar-refractivity contribution < 1.29 is 29.4 Å². The molecule has 0 bridgehead atoms. The van der Waals surface area contributed by atoms with E-state index in [1.807, 2.05) is 13.0 Å². The van der Waals surface area contributed by atoms with Crippen molar-refractivity contribution in [3.8, 4) is 0 Å². The molecule has 0 aromatic heterocycles. The summed E-state index contributed by atoms with van der Waals surface area (Å²) in [5.74, 6) is -3.47. The molecule has 2 amide bonds. The summed E-state index contributed by atoms with van der Waals surface area (Å²) in [7, 11) is 0. The van der Waals surface area contributed by atoms with Gasteiger partial charge in [-0.15, -0.1) is 0 Å². The maximum Gasteiger partial charge on any atom is 0.322 e. The number of carbonyl (C=O) groups excluding carboxylic acids is 2. The zero-order chi connectivity index (χ0) is 30.5. The minimum atomic E-state index is -1.20. The van der Waals surface area contributed by atoms with E-state index in [0.717, 1.165) is 44.1 Å². The van der Waals surface area contributed by atoms with Crippen molar-refractivity contribution >= 4 is 36.4 Å². The highest BCUT2D eigenvalue weighted by atomic mass is 32.1. The first-order chi connectivity index (χ1) is 18.8. The molecule has 0 heterocycles. The third-order valence-electron chi connectivity index (χ3n) is 6.18. The Kier molecular flexibility index (Phi) is 20.3. The quantitative estimate of drug-likeness (QED) is 0.0863. The van der Waals surface area contributed by atoms with Gasteiger partial charge in [0.25, 0.3) is 0 Å². The monoisotopic (exact) mass is 579 g/mol. The summed E-state index contributed by atoms with van der Waals surface area (Å²) in [6, 6.07) is -1.93. The van der Waals surface area contributed by atoms with Gasteiger partial charge < -0.3 is 26.2 Å². The van der Waals surface area contributed by atoms with Crippen LogP contribution in [0.15, 0.2) is 46.6 Å². The number of nitrogens with one attached hydrogen (secondary N) is 3. The number of carbonyl (C=O) groups is 4. The average molecular weight is 580 g/mol. The van der Waals surface area contributed by atoms with Crippen LogP contribution in [0, 0.1) is 0 Å². The lowest BCUT2D eigenvalue weighted by Gasteiger charge is -2.17. The fraction of sp³-hybridized carbons (Fsp3) is 0.600. The van der Waals surface area contributed by atoms with Crippen molar-refractivity contribution in [2.75, 3.05) is 18.8 Å². The fourth-order valence-corrected chi connectivity index (χ4v) is 3.95. The van der Waals surface area contributed by atoms with E-state index >= 15 is 0 Å². The molecular formula is C30H49N3O6S. The van der Waals surface area contributed by atoms with Gasteiger partial charge in [-0.1, -0.05) is 46.6 Å². The standard InChI is InChI=1S/C30H49N3O6S/c1-21(2)9-6-10-22(3)11-7-12-23(4)13-8-14-24(5)17-18-31-25(30(38)39)15-16-27(34)33-26(20-40)29(37)32-19-28(35)36/h9,11,13,17,25-26,31,40H,6-8,10,12,14-16,18-20H2,1-5H3,(H,32,37)(H,33,34)(H,35,36)(H,38,39)/b22-11+,23-13+,24-17+/t25-,26-/m0/s1. The minimum absolute atomic E-state index is 0.0236. The number of amides is 2. The molecule has 0 saturated heterocycles. The van der Waals surface area contributed by atoms with E-state index in [1.54, 1.807) is 0 Å². The van der Waals surface area contributed by atoms with E-state index in [0.29, 0.717) is 6.54 Å². The van der Waals surface area contributed by atoms with Gasteiger partial charge in [0.2, 0.25) is 11.8 Å². The van der Waals surface area contributed by atoms with Gasteiger partial charge in [0.1, 0.15) is 18.6 Å². The summed E-state index contributed by atoms with van der Waals surface area (Å²) >= 11 is 4.01. The molecule has 2 atom stereocenters. The lowest BCUT2D eigenvalue weighted by Crippen LogP contribution is -2.49. The summed E-state index contributed by atoms with van der Waals surface area (Å²) < 4.78 is 0. The molecule has 0 spiro atoms.